The third kappa shape index (κ3) is 5.88. The van der Waals surface area contributed by atoms with Gasteiger partial charge in [0.05, 0.1) is 11.2 Å². The number of nitrogens with one attached hydrogen (secondary N) is 1. The number of hydrogen-bond acceptors (Lipinski definition) is 4. The number of aromatic nitrogens is 3. The molecule has 0 aliphatic carbocycles. The van der Waals surface area contributed by atoms with Crippen molar-refractivity contribution in [1.82, 2.24) is 15.2 Å². The van der Waals surface area contributed by atoms with E-state index >= 15 is 4.39 Å². The van der Waals surface area contributed by atoms with Crippen molar-refractivity contribution in [2.75, 3.05) is 13.2 Å². The highest BCUT2D eigenvalue weighted by molar-refractivity contribution is 5.91. The van der Waals surface area contributed by atoms with Gasteiger partial charge < -0.3 is 9.47 Å². The van der Waals surface area contributed by atoms with Gasteiger partial charge in [-0.05, 0) is 87.4 Å². The van der Waals surface area contributed by atoms with Crippen LogP contribution in [-0.4, -0.2) is 28.4 Å². The average molecular weight is 504 g/mol. The number of ether oxygens (including phenoxy) is 2. The molecular weight excluding hydrogens is 472 g/mol. The molecule has 1 N–H and O–H groups in total. The zero-order valence-electron chi connectivity index (χ0n) is 21.1. The van der Waals surface area contributed by atoms with Gasteiger partial charge in [-0.2, -0.15) is 5.10 Å². The summed E-state index contributed by atoms with van der Waals surface area (Å²) in [6, 6.07) is 14.0. The first-order valence-corrected chi connectivity index (χ1v) is 12.8. The monoisotopic (exact) mass is 503 g/mol. The number of benzene rings is 2. The van der Waals surface area contributed by atoms with Gasteiger partial charge in [0.2, 0.25) is 0 Å². The van der Waals surface area contributed by atoms with Crippen LogP contribution in [0.15, 0.2) is 54.7 Å². The first kappa shape index (κ1) is 25.1. The van der Waals surface area contributed by atoms with Gasteiger partial charge in [0.1, 0.15) is 23.5 Å². The quantitative estimate of drug-likeness (QED) is 0.273. The van der Waals surface area contributed by atoms with Crippen molar-refractivity contribution < 1.29 is 18.3 Å². The van der Waals surface area contributed by atoms with E-state index in [2.05, 4.69) is 15.2 Å². The summed E-state index contributed by atoms with van der Waals surface area (Å²) in [5, 5.41) is 7.89. The number of pyridine rings is 1. The fourth-order valence-corrected chi connectivity index (χ4v) is 4.93. The number of aryl methyl sites for hydroxylation is 2. The number of aromatic amines is 1. The van der Waals surface area contributed by atoms with Crippen LogP contribution >= 0.6 is 0 Å². The van der Waals surface area contributed by atoms with Gasteiger partial charge >= 0.3 is 0 Å². The van der Waals surface area contributed by atoms with Crippen molar-refractivity contribution >= 4 is 22.8 Å². The molecule has 1 aliphatic heterocycles. The largest absolute Gasteiger partial charge is 0.486 e. The van der Waals surface area contributed by atoms with E-state index in [1.165, 1.54) is 12.1 Å². The minimum absolute atomic E-state index is 0.300. The minimum atomic E-state index is -0.489. The number of halogens is 2. The molecule has 1 aliphatic rings. The Labute approximate surface area is 215 Å². The standard InChI is InChI=1S/C30H31F2N3O2/c1-19-4-3-5-26(31)30(19)20(2)37-24-10-11-28-25(16-24)29(35-34-28)17-27(32)22-7-9-23(33-18-22)8-6-21-12-14-36-15-13-21/h3-5,7,9-11,16-18,20-21H,6,8,12-15H2,1-2H3,(H,34,35)/b27-17-. The molecule has 2 aromatic heterocycles. The summed E-state index contributed by atoms with van der Waals surface area (Å²) >= 11 is 0. The molecule has 3 heterocycles. The molecule has 0 spiro atoms. The van der Waals surface area contributed by atoms with Gasteiger partial charge in [-0.3, -0.25) is 10.1 Å². The Hall–Kier alpha value is -3.58. The Morgan fingerprint density at radius 2 is 2.03 bits per heavy atom. The van der Waals surface area contributed by atoms with Crippen LogP contribution in [0.2, 0.25) is 0 Å². The van der Waals surface area contributed by atoms with E-state index in [4.69, 9.17) is 9.47 Å². The van der Waals surface area contributed by atoms with E-state index in [9.17, 15) is 4.39 Å². The zero-order chi connectivity index (χ0) is 25.8. The average Bonchev–Trinajstić information content (AvgIpc) is 3.30. The number of hydrogen-bond donors (Lipinski definition) is 1. The highest BCUT2D eigenvalue weighted by Crippen LogP contribution is 2.30. The molecule has 1 saturated heterocycles. The summed E-state index contributed by atoms with van der Waals surface area (Å²) in [6.45, 7) is 5.35. The summed E-state index contributed by atoms with van der Waals surface area (Å²) < 4.78 is 41.0. The lowest BCUT2D eigenvalue weighted by molar-refractivity contribution is 0.0639. The van der Waals surface area contributed by atoms with Crippen molar-refractivity contribution in [1.29, 1.82) is 0 Å². The third-order valence-electron chi connectivity index (χ3n) is 7.07. The van der Waals surface area contributed by atoms with E-state index in [0.29, 0.717) is 39.4 Å². The maximum Gasteiger partial charge on any atom is 0.134 e. The minimum Gasteiger partial charge on any atom is -0.486 e. The zero-order valence-corrected chi connectivity index (χ0v) is 21.1. The highest BCUT2D eigenvalue weighted by Gasteiger charge is 2.17. The first-order chi connectivity index (χ1) is 18.0. The molecule has 1 unspecified atom stereocenters. The van der Waals surface area contributed by atoms with Crippen molar-refractivity contribution in [3.8, 4) is 5.75 Å². The van der Waals surface area contributed by atoms with E-state index < -0.39 is 11.9 Å². The molecule has 0 amide bonds. The molecule has 5 rings (SSSR count). The number of fused-ring (bicyclic) bond motifs is 1. The second kappa shape index (κ2) is 11.2. The molecule has 7 heteroatoms. The summed E-state index contributed by atoms with van der Waals surface area (Å²) in [5.74, 6) is 0.518. The summed E-state index contributed by atoms with van der Waals surface area (Å²) in [6.07, 6.45) is 6.67. The van der Waals surface area contributed by atoms with Crippen molar-refractivity contribution in [2.45, 2.75) is 45.6 Å². The molecule has 4 aromatic rings. The molecule has 1 fully saturated rings. The molecule has 2 aromatic carbocycles. The highest BCUT2D eigenvalue weighted by atomic mass is 19.1. The number of nitrogens with zero attached hydrogens (tertiary/aromatic N) is 2. The lowest BCUT2D eigenvalue weighted by Crippen LogP contribution is -2.16. The molecule has 5 nitrogen and oxygen atoms in total. The van der Waals surface area contributed by atoms with E-state index in [1.807, 2.05) is 26.0 Å². The van der Waals surface area contributed by atoms with Crippen LogP contribution in [0.1, 0.15) is 60.4 Å². The summed E-state index contributed by atoms with van der Waals surface area (Å²) in [4.78, 5) is 4.48. The predicted molar refractivity (Wildman–Crippen MR) is 141 cm³/mol. The Kier molecular flexibility index (Phi) is 7.60. The molecule has 1 atom stereocenters. The third-order valence-corrected chi connectivity index (χ3v) is 7.07. The van der Waals surface area contributed by atoms with E-state index in [-0.39, 0.29) is 5.82 Å². The Morgan fingerprint density at radius 3 is 2.78 bits per heavy atom. The number of H-pyrrole nitrogens is 1. The molecule has 0 saturated carbocycles. The molecule has 192 valence electrons. The maximum absolute atomic E-state index is 15.1. The SMILES string of the molecule is Cc1cccc(F)c1C(C)Oc1ccc2n[nH]c(/C=C(\F)c3ccc(CCC4CCOCC4)nc3)c2c1. The second-order valence-electron chi connectivity index (χ2n) is 9.67. The van der Waals surface area contributed by atoms with E-state index in [1.54, 1.807) is 36.5 Å². The molecular formula is C30H31F2N3O2. The van der Waals surface area contributed by atoms with Gasteiger partial charge in [0.25, 0.3) is 0 Å². The maximum atomic E-state index is 15.1. The van der Waals surface area contributed by atoms with Crippen LogP contribution in [0.3, 0.4) is 0 Å². The number of rotatable bonds is 8. The topological polar surface area (TPSA) is 60.0 Å². The van der Waals surface area contributed by atoms with Crippen LogP contribution in [0.5, 0.6) is 5.75 Å². The first-order valence-electron chi connectivity index (χ1n) is 12.8. The molecule has 0 bridgehead atoms. The fourth-order valence-electron chi connectivity index (χ4n) is 4.93. The lowest BCUT2D eigenvalue weighted by atomic mass is 9.94. The predicted octanol–water partition coefficient (Wildman–Crippen LogP) is 7.37. The van der Waals surface area contributed by atoms with Gasteiger partial charge in [0.15, 0.2) is 0 Å². The van der Waals surface area contributed by atoms with Gasteiger partial charge in [-0.1, -0.05) is 12.1 Å². The van der Waals surface area contributed by atoms with Gasteiger partial charge in [-0.25, -0.2) is 8.78 Å². The molecule has 0 radical (unpaired) electrons. The van der Waals surface area contributed by atoms with Crippen LogP contribution in [-0.2, 0) is 11.2 Å². The normalized spacial score (nSPS) is 15.7. The van der Waals surface area contributed by atoms with Crippen LogP contribution < -0.4 is 4.74 Å². The smallest absolute Gasteiger partial charge is 0.134 e. The van der Waals surface area contributed by atoms with Crippen LogP contribution in [0.25, 0.3) is 22.8 Å². The Balaban J connectivity index is 1.30. The second-order valence-corrected chi connectivity index (χ2v) is 9.67. The van der Waals surface area contributed by atoms with Crippen molar-refractivity contribution in [3.05, 3.63) is 88.6 Å². The summed E-state index contributed by atoms with van der Waals surface area (Å²) in [7, 11) is 0. The summed E-state index contributed by atoms with van der Waals surface area (Å²) in [5.41, 5.74) is 3.93. The van der Waals surface area contributed by atoms with Gasteiger partial charge in [0, 0.05) is 47.7 Å². The fraction of sp³-hybridized carbons (Fsp3) is 0.333. The van der Waals surface area contributed by atoms with Gasteiger partial charge in [-0.15, -0.1) is 0 Å². The van der Waals surface area contributed by atoms with E-state index in [0.717, 1.165) is 50.2 Å². The van der Waals surface area contributed by atoms with Crippen molar-refractivity contribution in [2.24, 2.45) is 5.92 Å². The lowest BCUT2D eigenvalue weighted by Gasteiger charge is -2.21. The Morgan fingerprint density at radius 1 is 1.19 bits per heavy atom. The van der Waals surface area contributed by atoms with Crippen LogP contribution in [0, 0.1) is 18.7 Å². The van der Waals surface area contributed by atoms with Crippen LogP contribution in [0.4, 0.5) is 8.78 Å². The Bertz CT molecular complexity index is 1370. The van der Waals surface area contributed by atoms with Crippen molar-refractivity contribution in [3.63, 3.8) is 0 Å². The molecule has 37 heavy (non-hydrogen) atoms.